The van der Waals surface area contributed by atoms with E-state index >= 15 is 0 Å². The van der Waals surface area contributed by atoms with E-state index in [-0.39, 0.29) is 5.91 Å². The fourth-order valence-electron chi connectivity index (χ4n) is 3.69. The number of amides is 1. The first-order chi connectivity index (χ1) is 15.6. The minimum absolute atomic E-state index is 0.316. The Hall–Kier alpha value is -4.71. The summed E-state index contributed by atoms with van der Waals surface area (Å²) in [7, 11) is 0. The van der Waals surface area contributed by atoms with Crippen LogP contribution < -0.4 is 5.32 Å². The van der Waals surface area contributed by atoms with Crippen LogP contribution in [0.1, 0.15) is 27.2 Å². The minimum atomic E-state index is -0.322. The van der Waals surface area contributed by atoms with Gasteiger partial charge in [-0.1, -0.05) is 12.1 Å². The first kappa shape index (κ1) is 19.3. The fourth-order valence-corrected chi connectivity index (χ4v) is 3.69. The van der Waals surface area contributed by atoms with E-state index in [4.69, 9.17) is 5.26 Å². The number of hydrogen-bond donors (Lipinski definition) is 3. The Balaban J connectivity index is 1.35. The summed E-state index contributed by atoms with van der Waals surface area (Å²) in [5, 5.41) is 30.9. The Labute approximate surface area is 182 Å². The summed E-state index contributed by atoms with van der Waals surface area (Å²) in [6.07, 6.45) is 6.91. The van der Waals surface area contributed by atoms with Gasteiger partial charge in [0.2, 0.25) is 0 Å². The van der Waals surface area contributed by atoms with Crippen molar-refractivity contribution in [3.05, 3.63) is 83.6 Å². The zero-order chi connectivity index (χ0) is 22.1. The molecular formula is C23H18N8O. The molecule has 9 heteroatoms. The normalized spacial score (nSPS) is 10.9. The molecule has 5 aromatic rings. The second-order valence-electron chi connectivity index (χ2n) is 7.46. The average molecular weight is 422 g/mol. The number of hydrogen-bond acceptors (Lipinski definition) is 5. The number of nitriles is 1. The quantitative estimate of drug-likeness (QED) is 0.398. The maximum absolute atomic E-state index is 12.9. The van der Waals surface area contributed by atoms with Crippen molar-refractivity contribution in [1.29, 1.82) is 5.26 Å². The van der Waals surface area contributed by atoms with Crippen molar-refractivity contribution in [3.63, 3.8) is 0 Å². The summed E-state index contributed by atoms with van der Waals surface area (Å²) in [5.74, 6) is -0.322. The Morgan fingerprint density at radius 3 is 2.97 bits per heavy atom. The molecule has 156 valence electrons. The number of rotatable bonds is 5. The molecule has 3 N–H and O–H groups in total. The maximum Gasteiger partial charge on any atom is 0.276 e. The first-order valence-corrected chi connectivity index (χ1v) is 9.91. The topological polar surface area (TPSA) is 128 Å². The second-order valence-corrected chi connectivity index (χ2v) is 7.46. The molecule has 2 aromatic carbocycles. The molecule has 0 saturated carbocycles. The van der Waals surface area contributed by atoms with Crippen LogP contribution in [0.2, 0.25) is 0 Å². The van der Waals surface area contributed by atoms with Crippen molar-refractivity contribution in [2.75, 3.05) is 5.32 Å². The highest BCUT2D eigenvalue weighted by Crippen LogP contribution is 2.28. The summed E-state index contributed by atoms with van der Waals surface area (Å²) in [6.45, 7) is 2.48. The van der Waals surface area contributed by atoms with Gasteiger partial charge < -0.3 is 5.32 Å². The van der Waals surface area contributed by atoms with Crippen LogP contribution in [0.3, 0.4) is 0 Å². The monoisotopic (exact) mass is 422 g/mol. The van der Waals surface area contributed by atoms with Gasteiger partial charge in [0.15, 0.2) is 5.69 Å². The molecule has 0 aliphatic carbocycles. The van der Waals surface area contributed by atoms with Crippen LogP contribution in [0.15, 0.2) is 61.2 Å². The van der Waals surface area contributed by atoms with E-state index in [0.29, 0.717) is 23.5 Å². The molecule has 1 amide bonds. The average Bonchev–Trinajstić information content (AvgIpc) is 3.54. The zero-order valence-electron chi connectivity index (χ0n) is 17.1. The third-order valence-electron chi connectivity index (χ3n) is 5.22. The molecule has 5 rings (SSSR count). The summed E-state index contributed by atoms with van der Waals surface area (Å²) >= 11 is 0. The molecule has 9 nitrogen and oxygen atoms in total. The number of nitrogens with zero attached hydrogens (tertiary/aromatic N) is 5. The molecule has 0 aliphatic heterocycles. The number of fused-ring (bicyclic) bond motifs is 1. The number of benzene rings is 2. The predicted octanol–water partition coefficient (Wildman–Crippen LogP) is 3.63. The summed E-state index contributed by atoms with van der Waals surface area (Å²) < 4.78 is 1.70. The van der Waals surface area contributed by atoms with E-state index in [9.17, 15) is 4.79 Å². The van der Waals surface area contributed by atoms with Gasteiger partial charge in [0.1, 0.15) is 0 Å². The number of aromatic nitrogens is 6. The molecule has 0 fully saturated rings. The third-order valence-corrected chi connectivity index (χ3v) is 5.22. The van der Waals surface area contributed by atoms with E-state index in [0.717, 1.165) is 33.2 Å². The SMILES string of the molecule is Cc1cc2c(C(=O)Nc3cnn(Cc4cccc(C#N)c4)c3)n[nH]c2cc1-c1cn[nH]c1. The minimum Gasteiger partial charge on any atom is -0.318 e. The van der Waals surface area contributed by atoms with E-state index < -0.39 is 0 Å². The van der Waals surface area contributed by atoms with Crippen molar-refractivity contribution in [2.45, 2.75) is 13.5 Å². The summed E-state index contributed by atoms with van der Waals surface area (Å²) in [5.41, 5.74) is 6.20. The van der Waals surface area contributed by atoms with Gasteiger partial charge >= 0.3 is 0 Å². The highest BCUT2D eigenvalue weighted by atomic mass is 16.2. The lowest BCUT2D eigenvalue weighted by Gasteiger charge is -2.05. The Morgan fingerprint density at radius 2 is 2.16 bits per heavy atom. The molecule has 0 radical (unpaired) electrons. The van der Waals surface area contributed by atoms with Crippen LogP contribution in [0.25, 0.3) is 22.0 Å². The van der Waals surface area contributed by atoms with E-state index in [1.165, 1.54) is 0 Å². The van der Waals surface area contributed by atoms with E-state index in [2.05, 4.69) is 36.9 Å². The Morgan fingerprint density at radius 1 is 1.25 bits per heavy atom. The number of H-pyrrole nitrogens is 2. The van der Waals surface area contributed by atoms with Crippen LogP contribution in [-0.4, -0.2) is 36.1 Å². The highest BCUT2D eigenvalue weighted by molar-refractivity contribution is 6.11. The Bertz CT molecular complexity index is 1470. The molecule has 0 aliphatic rings. The maximum atomic E-state index is 12.9. The van der Waals surface area contributed by atoms with Crippen molar-refractivity contribution < 1.29 is 4.79 Å². The van der Waals surface area contributed by atoms with Crippen LogP contribution in [0.4, 0.5) is 5.69 Å². The van der Waals surface area contributed by atoms with Crippen molar-refractivity contribution >= 4 is 22.5 Å². The van der Waals surface area contributed by atoms with Crippen molar-refractivity contribution in [3.8, 4) is 17.2 Å². The van der Waals surface area contributed by atoms with Crippen LogP contribution in [0.5, 0.6) is 0 Å². The number of anilines is 1. The molecular weight excluding hydrogens is 404 g/mol. The smallest absolute Gasteiger partial charge is 0.276 e. The van der Waals surface area contributed by atoms with E-state index in [1.54, 1.807) is 29.3 Å². The number of aromatic amines is 2. The van der Waals surface area contributed by atoms with Gasteiger partial charge in [-0.2, -0.15) is 20.6 Å². The van der Waals surface area contributed by atoms with Gasteiger partial charge in [-0.05, 0) is 47.9 Å². The first-order valence-electron chi connectivity index (χ1n) is 9.91. The van der Waals surface area contributed by atoms with Gasteiger partial charge in [0.05, 0.1) is 41.8 Å². The molecule has 3 aromatic heterocycles. The summed E-state index contributed by atoms with van der Waals surface area (Å²) in [4.78, 5) is 12.9. The fraction of sp³-hybridized carbons (Fsp3) is 0.0870. The van der Waals surface area contributed by atoms with Gasteiger partial charge in [0, 0.05) is 23.3 Å². The molecule has 0 unspecified atom stereocenters. The van der Waals surface area contributed by atoms with Gasteiger partial charge in [-0.15, -0.1) is 0 Å². The lowest BCUT2D eigenvalue weighted by Crippen LogP contribution is -2.12. The molecule has 0 bridgehead atoms. The van der Waals surface area contributed by atoms with Gasteiger partial charge in [-0.25, -0.2) is 0 Å². The number of carbonyl (C=O) groups excluding carboxylic acids is 1. The van der Waals surface area contributed by atoms with Crippen LogP contribution in [0, 0.1) is 18.3 Å². The number of aryl methyl sites for hydroxylation is 1. The van der Waals surface area contributed by atoms with E-state index in [1.807, 2.05) is 43.5 Å². The standard InChI is InChI=1S/C23H18N8O/c1-14-5-20-21(7-19(14)17-9-25-26-10-17)29-30-22(20)23(32)28-18-11-27-31(13-18)12-16-4-2-3-15(6-16)8-24/h2-7,9-11,13H,12H2,1H3,(H,25,26)(H,28,32)(H,29,30). The van der Waals surface area contributed by atoms with Gasteiger partial charge in [-0.3, -0.25) is 19.7 Å². The zero-order valence-corrected chi connectivity index (χ0v) is 17.1. The second kappa shape index (κ2) is 7.85. The van der Waals surface area contributed by atoms with Crippen molar-refractivity contribution in [2.24, 2.45) is 0 Å². The molecule has 0 spiro atoms. The molecule has 0 atom stereocenters. The highest BCUT2D eigenvalue weighted by Gasteiger charge is 2.17. The molecule has 0 saturated heterocycles. The van der Waals surface area contributed by atoms with Crippen molar-refractivity contribution in [1.82, 2.24) is 30.2 Å². The number of nitrogens with one attached hydrogen (secondary N) is 3. The van der Waals surface area contributed by atoms with Crippen LogP contribution in [-0.2, 0) is 6.54 Å². The van der Waals surface area contributed by atoms with Gasteiger partial charge in [0.25, 0.3) is 5.91 Å². The molecule has 32 heavy (non-hydrogen) atoms. The molecule has 3 heterocycles. The predicted molar refractivity (Wildman–Crippen MR) is 119 cm³/mol. The lowest BCUT2D eigenvalue weighted by atomic mass is 10.0. The third kappa shape index (κ3) is 3.61. The summed E-state index contributed by atoms with van der Waals surface area (Å²) in [6, 6.07) is 13.4. The lowest BCUT2D eigenvalue weighted by molar-refractivity contribution is 0.102. The van der Waals surface area contributed by atoms with Crippen LogP contribution >= 0.6 is 0 Å². The number of carbonyl (C=O) groups is 1. The largest absolute Gasteiger partial charge is 0.318 e. The Kier molecular flexibility index (Phi) is 4.72.